The molecule has 1 fully saturated rings. The normalized spacial score (nSPS) is 18.4. The van der Waals surface area contributed by atoms with E-state index in [9.17, 15) is 9.59 Å². The molecule has 5 heteroatoms. The van der Waals surface area contributed by atoms with E-state index in [4.69, 9.17) is 4.74 Å². The molecule has 0 bridgehead atoms. The fraction of sp³-hybridized carbons (Fsp3) is 0.385. The van der Waals surface area contributed by atoms with Crippen molar-refractivity contribution >= 4 is 11.8 Å². The lowest BCUT2D eigenvalue weighted by molar-refractivity contribution is -0.121. The highest BCUT2D eigenvalue weighted by Gasteiger charge is 2.23. The van der Waals surface area contributed by atoms with Gasteiger partial charge >= 0.3 is 0 Å². The highest BCUT2D eigenvalue weighted by Crippen LogP contribution is 2.12. The Hall–Kier alpha value is -1.88. The van der Waals surface area contributed by atoms with Crippen LogP contribution >= 0.6 is 0 Å². The van der Waals surface area contributed by atoms with E-state index in [-0.39, 0.29) is 11.9 Å². The molecule has 1 unspecified atom stereocenters. The quantitative estimate of drug-likeness (QED) is 0.773. The van der Waals surface area contributed by atoms with Crippen molar-refractivity contribution in [3.05, 3.63) is 29.8 Å². The number of hydrogen-bond donors (Lipinski definition) is 2. The van der Waals surface area contributed by atoms with E-state index in [0.29, 0.717) is 11.3 Å². The van der Waals surface area contributed by atoms with Crippen molar-refractivity contribution in [1.29, 1.82) is 0 Å². The van der Waals surface area contributed by atoms with Crippen molar-refractivity contribution < 1.29 is 14.3 Å². The van der Waals surface area contributed by atoms with Gasteiger partial charge in [0.1, 0.15) is 5.75 Å². The summed E-state index contributed by atoms with van der Waals surface area (Å²) in [6.07, 6.45) is 1.74. The van der Waals surface area contributed by atoms with Crippen LogP contribution in [0, 0.1) is 0 Å². The van der Waals surface area contributed by atoms with Gasteiger partial charge in [-0.25, -0.2) is 0 Å². The first-order valence-corrected chi connectivity index (χ1v) is 5.93. The van der Waals surface area contributed by atoms with Gasteiger partial charge < -0.3 is 10.1 Å². The van der Waals surface area contributed by atoms with Crippen molar-refractivity contribution in [2.75, 3.05) is 13.7 Å². The van der Waals surface area contributed by atoms with Crippen LogP contribution in [0.3, 0.4) is 0 Å². The van der Waals surface area contributed by atoms with E-state index in [1.165, 1.54) is 7.11 Å². The van der Waals surface area contributed by atoms with Crippen molar-refractivity contribution in [3.8, 4) is 5.75 Å². The number of carbonyl (C=O) groups is 2. The zero-order valence-corrected chi connectivity index (χ0v) is 10.2. The molecule has 1 aromatic carbocycles. The fourth-order valence-electron chi connectivity index (χ4n) is 1.94. The number of ether oxygens (including phenoxy) is 1. The predicted octanol–water partition coefficient (Wildman–Crippen LogP) is 0.704. The zero-order valence-electron chi connectivity index (χ0n) is 10.2. The summed E-state index contributed by atoms with van der Waals surface area (Å²) in [5, 5.41) is 5.44. The Kier molecular flexibility index (Phi) is 3.94. The van der Waals surface area contributed by atoms with Crippen molar-refractivity contribution in [2.24, 2.45) is 0 Å². The lowest BCUT2D eigenvalue weighted by Crippen LogP contribution is -2.43. The molecule has 1 heterocycles. The Morgan fingerprint density at radius 2 is 2.28 bits per heavy atom. The number of methoxy groups -OCH3 is 1. The van der Waals surface area contributed by atoms with Gasteiger partial charge in [0.25, 0.3) is 5.91 Å². The van der Waals surface area contributed by atoms with E-state index >= 15 is 0 Å². The van der Waals surface area contributed by atoms with Gasteiger partial charge in [-0.05, 0) is 37.6 Å². The van der Waals surface area contributed by atoms with Crippen LogP contribution in [0.25, 0.3) is 0 Å². The fourth-order valence-corrected chi connectivity index (χ4v) is 1.94. The van der Waals surface area contributed by atoms with Gasteiger partial charge in [0.15, 0.2) is 0 Å². The summed E-state index contributed by atoms with van der Waals surface area (Å²) < 4.78 is 5.03. The van der Waals surface area contributed by atoms with Gasteiger partial charge in [-0.2, -0.15) is 0 Å². The second kappa shape index (κ2) is 5.64. The van der Waals surface area contributed by atoms with Gasteiger partial charge in [0.05, 0.1) is 13.2 Å². The van der Waals surface area contributed by atoms with Crippen LogP contribution in [0.4, 0.5) is 0 Å². The summed E-state index contributed by atoms with van der Waals surface area (Å²) in [5.41, 5.74) is 0.417. The number of benzene rings is 1. The number of amides is 2. The Morgan fingerprint density at radius 3 is 2.94 bits per heavy atom. The van der Waals surface area contributed by atoms with Crippen LogP contribution in [-0.2, 0) is 4.79 Å². The van der Waals surface area contributed by atoms with E-state index in [0.717, 1.165) is 19.4 Å². The van der Waals surface area contributed by atoms with Crippen molar-refractivity contribution in [1.82, 2.24) is 10.6 Å². The molecule has 0 saturated carbocycles. The number of rotatable bonds is 3. The SMILES string of the molecule is COc1cccc(C(=O)NC(=O)C2CCCN2)c1. The van der Waals surface area contributed by atoms with Crippen molar-refractivity contribution in [2.45, 2.75) is 18.9 Å². The Balaban J connectivity index is 2.00. The van der Waals surface area contributed by atoms with Crippen LogP contribution in [0.2, 0.25) is 0 Å². The number of imide groups is 1. The zero-order chi connectivity index (χ0) is 13.0. The standard InChI is InChI=1S/C13H16N2O3/c1-18-10-5-2-4-9(8-10)12(16)15-13(17)11-6-3-7-14-11/h2,4-5,8,11,14H,3,6-7H2,1H3,(H,15,16,17). The summed E-state index contributed by atoms with van der Waals surface area (Å²) >= 11 is 0. The maximum absolute atomic E-state index is 11.9. The van der Waals surface area contributed by atoms with Crippen LogP contribution in [0.1, 0.15) is 23.2 Å². The molecule has 1 saturated heterocycles. The number of hydrogen-bond acceptors (Lipinski definition) is 4. The summed E-state index contributed by atoms with van der Waals surface area (Å²) in [4.78, 5) is 23.6. The predicted molar refractivity (Wildman–Crippen MR) is 66.5 cm³/mol. The first-order chi connectivity index (χ1) is 8.70. The van der Waals surface area contributed by atoms with Gasteiger partial charge in [-0.1, -0.05) is 6.07 Å². The van der Waals surface area contributed by atoms with E-state index in [1.807, 2.05) is 0 Å². The second-order valence-electron chi connectivity index (χ2n) is 4.20. The van der Waals surface area contributed by atoms with Crippen LogP contribution < -0.4 is 15.4 Å². The maximum Gasteiger partial charge on any atom is 0.258 e. The molecule has 2 N–H and O–H groups in total. The molecule has 2 amide bonds. The van der Waals surface area contributed by atoms with Crippen LogP contribution in [-0.4, -0.2) is 31.5 Å². The molecule has 0 aromatic heterocycles. The molecule has 1 atom stereocenters. The molecule has 1 aromatic rings. The lowest BCUT2D eigenvalue weighted by atomic mass is 10.2. The molecular formula is C13H16N2O3. The largest absolute Gasteiger partial charge is 0.497 e. The first kappa shape index (κ1) is 12.6. The number of carbonyl (C=O) groups excluding carboxylic acids is 2. The average Bonchev–Trinajstić information content (AvgIpc) is 2.92. The third kappa shape index (κ3) is 2.87. The molecule has 0 aliphatic carbocycles. The molecule has 0 spiro atoms. The summed E-state index contributed by atoms with van der Waals surface area (Å²) in [6.45, 7) is 0.825. The highest BCUT2D eigenvalue weighted by molar-refractivity contribution is 6.06. The second-order valence-corrected chi connectivity index (χ2v) is 4.20. The highest BCUT2D eigenvalue weighted by atomic mass is 16.5. The van der Waals surface area contributed by atoms with Gasteiger partial charge in [0, 0.05) is 5.56 Å². The molecule has 1 aliphatic rings. The van der Waals surface area contributed by atoms with Gasteiger partial charge in [-0.3, -0.25) is 14.9 Å². The topological polar surface area (TPSA) is 67.4 Å². The van der Waals surface area contributed by atoms with Gasteiger partial charge in [0.2, 0.25) is 5.91 Å². The smallest absolute Gasteiger partial charge is 0.258 e. The van der Waals surface area contributed by atoms with E-state index in [1.54, 1.807) is 24.3 Å². The van der Waals surface area contributed by atoms with Crippen LogP contribution in [0.15, 0.2) is 24.3 Å². The summed E-state index contributed by atoms with van der Waals surface area (Å²) in [6, 6.07) is 6.46. The summed E-state index contributed by atoms with van der Waals surface area (Å²) in [7, 11) is 1.53. The third-order valence-corrected chi connectivity index (χ3v) is 2.95. The van der Waals surface area contributed by atoms with E-state index < -0.39 is 5.91 Å². The maximum atomic E-state index is 11.9. The minimum atomic E-state index is -0.396. The van der Waals surface area contributed by atoms with Gasteiger partial charge in [-0.15, -0.1) is 0 Å². The third-order valence-electron chi connectivity index (χ3n) is 2.95. The minimum absolute atomic E-state index is 0.250. The molecule has 96 valence electrons. The molecule has 18 heavy (non-hydrogen) atoms. The van der Waals surface area contributed by atoms with Crippen molar-refractivity contribution in [3.63, 3.8) is 0 Å². The Labute approximate surface area is 106 Å². The molecular weight excluding hydrogens is 232 g/mol. The number of nitrogens with one attached hydrogen (secondary N) is 2. The van der Waals surface area contributed by atoms with E-state index in [2.05, 4.69) is 10.6 Å². The Bertz CT molecular complexity index is 453. The molecule has 2 rings (SSSR count). The molecule has 1 aliphatic heterocycles. The first-order valence-electron chi connectivity index (χ1n) is 5.93. The summed E-state index contributed by atoms with van der Waals surface area (Å²) in [5.74, 6) is -0.0676. The van der Waals surface area contributed by atoms with Crippen LogP contribution in [0.5, 0.6) is 5.75 Å². The average molecular weight is 248 g/mol. The monoisotopic (exact) mass is 248 g/mol. The molecule has 0 radical (unpaired) electrons. The lowest BCUT2D eigenvalue weighted by Gasteiger charge is -2.10. The minimum Gasteiger partial charge on any atom is -0.497 e. The molecule has 5 nitrogen and oxygen atoms in total. The Morgan fingerprint density at radius 1 is 1.44 bits per heavy atom.